The molecule has 3 rings (SSSR count). The van der Waals surface area contributed by atoms with Gasteiger partial charge in [-0.2, -0.15) is 23.3 Å². The highest BCUT2D eigenvalue weighted by molar-refractivity contribution is 6.32. The van der Waals surface area contributed by atoms with E-state index in [1.165, 1.54) is 35.3 Å². The number of Topliss-reactive ketones (excluding diaryl/α,β-unsaturated/α-hetero) is 1. The Morgan fingerprint density at radius 1 is 1.24 bits per heavy atom. The first-order chi connectivity index (χ1) is 15.7. The van der Waals surface area contributed by atoms with Crippen molar-refractivity contribution in [3.8, 4) is 0 Å². The van der Waals surface area contributed by atoms with Gasteiger partial charge < -0.3 is 15.7 Å². The van der Waals surface area contributed by atoms with Crippen molar-refractivity contribution in [2.75, 3.05) is 17.2 Å². The highest BCUT2D eigenvalue weighted by atomic mass is 35.5. The number of nitrogens with one attached hydrogen (secondary N) is 2. The summed E-state index contributed by atoms with van der Waals surface area (Å²) in [5, 5.41) is 18.5. The number of nitrogens with zero attached hydrogens (tertiary/aromatic N) is 4. The molecule has 33 heavy (non-hydrogen) atoms. The lowest BCUT2D eigenvalue weighted by Crippen LogP contribution is -2.24. The number of aliphatic hydroxyl groups excluding tert-OH is 1. The van der Waals surface area contributed by atoms with E-state index in [0.29, 0.717) is 5.69 Å². The second-order valence-corrected chi connectivity index (χ2v) is 7.32. The molecule has 0 saturated carbocycles. The zero-order chi connectivity index (χ0) is 24.0. The third-order valence-electron chi connectivity index (χ3n) is 4.44. The zero-order valence-corrected chi connectivity index (χ0v) is 17.7. The van der Waals surface area contributed by atoms with E-state index in [-0.39, 0.29) is 35.5 Å². The second kappa shape index (κ2) is 10.6. The molecule has 2 heterocycles. The molecule has 0 aliphatic rings. The van der Waals surface area contributed by atoms with Crippen molar-refractivity contribution >= 4 is 34.8 Å². The second-order valence-electron chi connectivity index (χ2n) is 6.91. The normalized spacial score (nSPS) is 12.4. The van der Waals surface area contributed by atoms with Crippen LogP contribution in [0.2, 0.25) is 5.02 Å². The van der Waals surface area contributed by atoms with Crippen molar-refractivity contribution in [1.82, 2.24) is 19.7 Å². The summed E-state index contributed by atoms with van der Waals surface area (Å²) in [4.78, 5) is 20.8. The molecule has 0 aliphatic carbocycles. The van der Waals surface area contributed by atoms with Crippen LogP contribution in [0.3, 0.4) is 0 Å². The number of carbonyl (C=O) groups is 1. The summed E-state index contributed by atoms with van der Waals surface area (Å²) in [7, 11) is 0. The van der Waals surface area contributed by atoms with Gasteiger partial charge in [-0.3, -0.25) is 9.48 Å². The number of alkyl halides is 3. The fourth-order valence-corrected chi connectivity index (χ4v) is 3.04. The Morgan fingerprint density at radius 2 is 2.00 bits per heavy atom. The average molecular weight is 487 g/mol. The van der Waals surface area contributed by atoms with Crippen LogP contribution in [0.4, 0.5) is 35.0 Å². The third-order valence-corrected chi connectivity index (χ3v) is 4.71. The predicted molar refractivity (Wildman–Crippen MR) is 113 cm³/mol. The fraction of sp³-hybridized carbons (Fsp3) is 0.300. The number of halogens is 5. The van der Waals surface area contributed by atoms with Gasteiger partial charge in [0.1, 0.15) is 16.9 Å². The molecule has 3 aromatic rings. The van der Waals surface area contributed by atoms with Gasteiger partial charge in [0.2, 0.25) is 5.95 Å². The SMILES string of the molecule is O=C(CCC(F)(F)F)C(Nc1nc(Nc2cnn(CCO)c2)ncc1Cl)c1ccccc1F. The van der Waals surface area contributed by atoms with Crippen LogP contribution in [0.1, 0.15) is 24.4 Å². The van der Waals surface area contributed by atoms with Crippen molar-refractivity contribution < 1.29 is 27.5 Å². The molecule has 13 heteroatoms. The van der Waals surface area contributed by atoms with Crippen molar-refractivity contribution in [2.45, 2.75) is 31.6 Å². The smallest absolute Gasteiger partial charge is 0.389 e. The standard InChI is InChI=1S/C20H19ClF4N6O2/c21-14-10-26-19(28-12-9-27-31(11-12)7-8-32)30-18(14)29-17(13-3-1-2-4-15(13)22)16(33)5-6-20(23,24)25/h1-4,9-11,17,32H,5-8H2,(H2,26,28,29,30). The van der Waals surface area contributed by atoms with Gasteiger partial charge >= 0.3 is 6.18 Å². The highest BCUT2D eigenvalue weighted by Crippen LogP contribution is 2.30. The predicted octanol–water partition coefficient (Wildman–Crippen LogP) is 4.27. The number of hydrogen-bond acceptors (Lipinski definition) is 7. The number of ketones is 1. The Kier molecular flexibility index (Phi) is 7.82. The van der Waals surface area contributed by atoms with E-state index in [2.05, 4.69) is 25.7 Å². The quantitative estimate of drug-likeness (QED) is 0.368. The summed E-state index contributed by atoms with van der Waals surface area (Å²) in [6.45, 7) is 0.173. The number of carbonyl (C=O) groups excluding carboxylic acids is 1. The first-order valence-electron chi connectivity index (χ1n) is 9.69. The summed E-state index contributed by atoms with van der Waals surface area (Å²) < 4.78 is 53.8. The Hall–Kier alpha value is -3.25. The maximum Gasteiger partial charge on any atom is 0.389 e. The van der Waals surface area contributed by atoms with Crippen LogP contribution in [-0.4, -0.2) is 43.4 Å². The third kappa shape index (κ3) is 6.86. The first-order valence-corrected chi connectivity index (χ1v) is 10.1. The molecule has 0 radical (unpaired) electrons. The molecule has 0 amide bonds. The van der Waals surface area contributed by atoms with E-state index in [0.717, 1.165) is 6.07 Å². The van der Waals surface area contributed by atoms with Gasteiger partial charge in [0.05, 0.1) is 37.7 Å². The molecule has 176 valence electrons. The van der Waals surface area contributed by atoms with E-state index < -0.39 is 36.7 Å². The molecule has 1 atom stereocenters. The van der Waals surface area contributed by atoms with Crippen LogP contribution in [-0.2, 0) is 11.3 Å². The number of aromatic nitrogens is 4. The molecule has 2 aromatic heterocycles. The molecule has 3 N–H and O–H groups in total. The summed E-state index contributed by atoms with van der Waals surface area (Å²) in [6.07, 6.45) is -2.48. The van der Waals surface area contributed by atoms with Crippen LogP contribution < -0.4 is 10.6 Å². The minimum absolute atomic E-state index is 0.0264. The van der Waals surface area contributed by atoms with E-state index >= 15 is 0 Å². The fourth-order valence-electron chi connectivity index (χ4n) is 2.90. The highest BCUT2D eigenvalue weighted by Gasteiger charge is 2.31. The number of benzene rings is 1. The van der Waals surface area contributed by atoms with Crippen LogP contribution in [0.5, 0.6) is 0 Å². The molecule has 0 bridgehead atoms. The van der Waals surface area contributed by atoms with Gasteiger partial charge in [-0.1, -0.05) is 29.8 Å². The van der Waals surface area contributed by atoms with Crippen molar-refractivity contribution in [1.29, 1.82) is 0 Å². The van der Waals surface area contributed by atoms with Crippen LogP contribution in [0.15, 0.2) is 42.9 Å². The molecular formula is C20H19ClF4N6O2. The maximum atomic E-state index is 14.4. The zero-order valence-electron chi connectivity index (χ0n) is 17.0. The van der Waals surface area contributed by atoms with Crippen LogP contribution in [0, 0.1) is 5.82 Å². The number of hydrogen-bond donors (Lipinski definition) is 3. The Bertz CT molecular complexity index is 1110. The number of rotatable bonds is 10. The van der Waals surface area contributed by atoms with Gasteiger partial charge in [-0.05, 0) is 6.07 Å². The van der Waals surface area contributed by atoms with Crippen molar-refractivity contribution in [2.24, 2.45) is 0 Å². The molecule has 0 fully saturated rings. The molecule has 0 aliphatic heterocycles. The van der Waals surface area contributed by atoms with Crippen LogP contribution in [0.25, 0.3) is 0 Å². The van der Waals surface area contributed by atoms with E-state index in [1.54, 1.807) is 6.20 Å². The van der Waals surface area contributed by atoms with Gasteiger partial charge in [0, 0.05) is 18.2 Å². The minimum Gasteiger partial charge on any atom is -0.394 e. The molecule has 0 saturated heterocycles. The lowest BCUT2D eigenvalue weighted by Gasteiger charge is -2.20. The molecule has 0 spiro atoms. The summed E-state index contributed by atoms with van der Waals surface area (Å²) >= 11 is 6.13. The molecular weight excluding hydrogens is 468 g/mol. The maximum absolute atomic E-state index is 14.4. The van der Waals surface area contributed by atoms with E-state index in [1.807, 2.05) is 0 Å². The summed E-state index contributed by atoms with van der Waals surface area (Å²) in [6, 6.07) is 3.79. The largest absolute Gasteiger partial charge is 0.394 e. The van der Waals surface area contributed by atoms with Gasteiger partial charge in [0.15, 0.2) is 11.6 Å². The average Bonchev–Trinajstić information content (AvgIpc) is 3.19. The van der Waals surface area contributed by atoms with Gasteiger partial charge in [-0.25, -0.2) is 9.37 Å². The summed E-state index contributed by atoms with van der Waals surface area (Å²) in [5.41, 5.74) is 0.350. The Morgan fingerprint density at radius 3 is 2.70 bits per heavy atom. The minimum atomic E-state index is -4.54. The van der Waals surface area contributed by atoms with Crippen LogP contribution >= 0.6 is 11.6 Å². The first kappa shape index (κ1) is 24.4. The molecule has 1 unspecified atom stereocenters. The summed E-state index contributed by atoms with van der Waals surface area (Å²) in [5.74, 6) is -1.69. The monoisotopic (exact) mass is 486 g/mol. The lowest BCUT2D eigenvalue weighted by molar-refractivity contribution is -0.143. The Balaban J connectivity index is 1.85. The van der Waals surface area contributed by atoms with E-state index in [4.69, 9.17) is 16.7 Å². The van der Waals surface area contributed by atoms with Crippen molar-refractivity contribution in [3.05, 3.63) is 59.3 Å². The van der Waals surface area contributed by atoms with Gasteiger partial charge in [-0.15, -0.1) is 0 Å². The lowest BCUT2D eigenvalue weighted by atomic mass is 9.99. The molecule has 8 nitrogen and oxygen atoms in total. The molecule has 1 aromatic carbocycles. The topological polar surface area (TPSA) is 105 Å². The number of aliphatic hydroxyl groups is 1. The number of anilines is 3. The van der Waals surface area contributed by atoms with Gasteiger partial charge in [0.25, 0.3) is 0 Å². The van der Waals surface area contributed by atoms with Crippen molar-refractivity contribution in [3.63, 3.8) is 0 Å². The Labute approximate surface area is 190 Å². The van der Waals surface area contributed by atoms with E-state index in [9.17, 15) is 22.4 Å².